The standard InChI is InChI=1S/C30H36N4O5S/c1-23(35)34-17-7-5-3-4-6-16-33(21-24-10-9-15-31-20-24)22-26-18-25(13-14-29(26)34)30(36)32-40(37,38)28-12-8-11-27(19-28)39-2/h8-15,18-20H,3-7,16-17,21-22H2,1-2H3,(H,32,36). The third kappa shape index (κ3) is 7.67. The minimum absolute atomic E-state index is 0.0723. The van der Waals surface area contributed by atoms with Gasteiger partial charge in [-0.3, -0.25) is 19.5 Å². The Balaban J connectivity index is 1.67. The van der Waals surface area contributed by atoms with E-state index in [2.05, 4.69) is 14.6 Å². The first kappa shape index (κ1) is 29.2. The van der Waals surface area contributed by atoms with Crippen LogP contribution in [0.1, 0.15) is 60.5 Å². The SMILES string of the molecule is COc1cccc(S(=O)(=O)NC(=O)c2ccc3c(c2)CN(Cc2cccnc2)CCCCCCCN3C(C)=O)c1. The summed E-state index contributed by atoms with van der Waals surface area (Å²) in [4.78, 5) is 34.1. The van der Waals surface area contributed by atoms with Gasteiger partial charge >= 0.3 is 0 Å². The molecule has 2 aromatic carbocycles. The van der Waals surface area contributed by atoms with Gasteiger partial charge < -0.3 is 9.64 Å². The molecule has 0 bridgehead atoms. The number of methoxy groups -OCH3 is 1. The highest BCUT2D eigenvalue weighted by Gasteiger charge is 2.23. The van der Waals surface area contributed by atoms with Crippen LogP contribution in [-0.4, -0.2) is 50.3 Å². The van der Waals surface area contributed by atoms with Crippen molar-refractivity contribution in [3.8, 4) is 5.75 Å². The molecule has 10 heteroatoms. The molecule has 1 aliphatic heterocycles. The molecule has 212 valence electrons. The molecule has 0 atom stereocenters. The second-order valence-electron chi connectivity index (χ2n) is 9.97. The first-order valence-electron chi connectivity index (χ1n) is 13.5. The molecule has 0 aliphatic carbocycles. The molecule has 1 N–H and O–H groups in total. The molecule has 0 saturated heterocycles. The molecule has 2 amide bonds. The summed E-state index contributed by atoms with van der Waals surface area (Å²) in [5.74, 6) is -0.451. The van der Waals surface area contributed by atoms with Gasteiger partial charge in [0.2, 0.25) is 5.91 Å². The van der Waals surface area contributed by atoms with Crippen LogP contribution in [0.4, 0.5) is 5.69 Å². The van der Waals surface area contributed by atoms with Crippen molar-refractivity contribution in [2.45, 2.75) is 57.0 Å². The summed E-state index contributed by atoms with van der Waals surface area (Å²) in [6, 6.07) is 14.9. The van der Waals surface area contributed by atoms with Crippen molar-refractivity contribution < 1.29 is 22.7 Å². The van der Waals surface area contributed by atoms with Gasteiger partial charge in [-0.05, 0) is 66.9 Å². The summed E-state index contributed by atoms with van der Waals surface area (Å²) in [7, 11) is -2.69. The Labute approximate surface area is 236 Å². The van der Waals surface area contributed by atoms with Crippen LogP contribution in [0.5, 0.6) is 5.75 Å². The minimum atomic E-state index is -4.13. The van der Waals surface area contributed by atoms with Gasteiger partial charge in [-0.2, -0.15) is 0 Å². The monoisotopic (exact) mass is 564 g/mol. The smallest absolute Gasteiger partial charge is 0.265 e. The number of ether oxygens (including phenoxy) is 1. The zero-order valence-corrected chi connectivity index (χ0v) is 23.8. The van der Waals surface area contributed by atoms with E-state index in [4.69, 9.17) is 4.74 Å². The molecule has 2 heterocycles. The van der Waals surface area contributed by atoms with Gasteiger partial charge in [-0.15, -0.1) is 0 Å². The Kier molecular flexibility index (Phi) is 9.89. The van der Waals surface area contributed by atoms with Crippen LogP contribution in [0.25, 0.3) is 0 Å². The number of hydrogen-bond acceptors (Lipinski definition) is 7. The maximum atomic E-state index is 13.2. The molecule has 1 aliphatic rings. The average molecular weight is 565 g/mol. The number of carbonyl (C=O) groups excluding carboxylic acids is 2. The van der Waals surface area contributed by atoms with Gasteiger partial charge in [0, 0.05) is 56.3 Å². The lowest BCUT2D eigenvalue weighted by atomic mass is 10.0. The van der Waals surface area contributed by atoms with Crippen molar-refractivity contribution in [2.75, 3.05) is 25.1 Å². The van der Waals surface area contributed by atoms with Crippen molar-refractivity contribution in [3.05, 3.63) is 83.7 Å². The number of nitrogens with one attached hydrogen (secondary N) is 1. The van der Waals surface area contributed by atoms with Crippen LogP contribution in [0.3, 0.4) is 0 Å². The number of fused-ring (bicyclic) bond motifs is 1. The summed E-state index contributed by atoms with van der Waals surface area (Å²) < 4.78 is 33.2. The zero-order chi connectivity index (χ0) is 28.5. The van der Waals surface area contributed by atoms with Gasteiger partial charge in [0.15, 0.2) is 0 Å². The number of benzene rings is 2. The molecule has 0 radical (unpaired) electrons. The maximum absolute atomic E-state index is 13.2. The summed E-state index contributed by atoms with van der Waals surface area (Å²) in [6.07, 6.45) is 8.74. The summed E-state index contributed by atoms with van der Waals surface area (Å²) >= 11 is 0. The second-order valence-corrected chi connectivity index (χ2v) is 11.6. The van der Waals surface area contributed by atoms with E-state index in [1.54, 1.807) is 48.4 Å². The number of aromatic nitrogens is 1. The predicted molar refractivity (Wildman–Crippen MR) is 154 cm³/mol. The molecule has 3 aromatic rings. The number of hydrogen-bond donors (Lipinski definition) is 1. The fourth-order valence-electron chi connectivity index (χ4n) is 4.91. The van der Waals surface area contributed by atoms with E-state index in [-0.39, 0.29) is 16.4 Å². The Morgan fingerprint density at radius 2 is 1.75 bits per heavy atom. The van der Waals surface area contributed by atoms with E-state index < -0.39 is 15.9 Å². The maximum Gasteiger partial charge on any atom is 0.265 e. The van der Waals surface area contributed by atoms with Crippen LogP contribution in [0.2, 0.25) is 0 Å². The lowest BCUT2D eigenvalue weighted by Crippen LogP contribution is -2.33. The molecule has 0 spiro atoms. The number of nitrogens with zero attached hydrogens (tertiary/aromatic N) is 3. The van der Waals surface area contributed by atoms with Crippen LogP contribution in [0.15, 0.2) is 71.9 Å². The van der Waals surface area contributed by atoms with Crippen molar-refractivity contribution in [3.63, 3.8) is 0 Å². The Morgan fingerprint density at radius 3 is 2.48 bits per heavy atom. The van der Waals surface area contributed by atoms with Crippen LogP contribution in [-0.2, 0) is 27.9 Å². The summed E-state index contributed by atoms with van der Waals surface area (Å²) in [5, 5.41) is 0. The molecule has 0 fully saturated rings. The minimum Gasteiger partial charge on any atom is -0.497 e. The summed E-state index contributed by atoms with van der Waals surface area (Å²) in [6.45, 7) is 4.12. The molecule has 4 rings (SSSR count). The first-order chi connectivity index (χ1) is 19.3. The predicted octanol–water partition coefficient (Wildman–Crippen LogP) is 4.53. The van der Waals surface area contributed by atoms with Gasteiger partial charge in [0.05, 0.1) is 12.0 Å². The summed E-state index contributed by atoms with van der Waals surface area (Å²) in [5.41, 5.74) is 2.78. The number of rotatable bonds is 6. The quantitative estimate of drug-likeness (QED) is 0.469. The fourth-order valence-corrected chi connectivity index (χ4v) is 5.92. The average Bonchev–Trinajstić information content (AvgIpc) is 2.94. The van der Waals surface area contributed by atoms with E-state index in [1.807, 2.05) is 18.3 Å². The Bertz CT molecular complexity index is 1430. The van der Waals surface area contributed by atoms with E-state index >= 15 is 0 Å². The number of sulfonamides is 1. The van der Waals surface area contributed by atoms with Crippen molar-refractivity contribution in [1.29, 1.82) is 0 Å². The first-order valence-corrected chi connectivity index (χ1v) is 15.0. The molecular formula is C30H36N4O5S. The van der Waals surface area contributed by atoms with Gasteiger partial charge in [-0.1, -0.05) is 31.4 Å². The Morgan fingerprint density at radius 1 is 0.975 bits per heavy atom. The number of amides is 2. The van der Waals surface area contributed by atoms with Crippen molar-refractivity contribution in [2.24, 2.45) is 0 Å². The van der Waals surface area contributed by atoms with E-state index in [9.17, 15) is 18.0 Å². The highest BCUT2D eigenvalue weighted by molar-refractivity contribution is 7.90. The third-order valence-electron chi connectivity index (χ3n) is 6.97. The Hall–Kier alpha value is -3.76. The fraction of sp³-hybridized carbons (Fsp3) is 0.367. The molecule has 1 aromatic heterocycles. The van der Waals surface area contributed by atoms with Crippen molar-refractivity contribution >= 4 is 27.5 Å². The molecule has 40 heavy (non-hydrogen) atoms. The normalized spacial score (nSPS) is 15.3. The second kappa shape index (κ2) is 13.5. The molecule has 0 saturated carbocycles. The molecular weight excluding hydrogens is 528 g/mol. The lowest BCUT2D eigenvalue weighted by molar-refractivity contribution is -0.116. The number of anilines is 1. The van der Waals surface area contributed by atoms with Gasteiger partial charge in [0.25, 0.3) is 15.9 Å². The van der Waals surface area contributed by atoms with Crippen LogP contribution in [0, 0.1) is 0 Å². The van der Waals surface area contributed by atoms with Gasteiger partial charge in [-0.25, -0.2) is 13.1 Å². The number of carbonyl (C=O) groups is 2. The largest absolute Gasteiger partial charge is 0.497 e. The highest BCUT2D eigenvalue weighted by atomic mass is 32.2. The topological polar surface area (TPSA) is 109 Å². The lowest BCUT2D eigenvalue weighted by Gasteiger charge is -2.29. The van der Waals surface area contributed by atoms with Gasteiger partial charge in [0.1, 0.15) is 5.75 Å². The molecule has 0 unspecified atom stereocenters. The van der Waals surface area contributed by atoms with Crippen LogP contribution >= 0.6 is 0 Å². The van der Waals surface area contributed by atoms with E-state index in [0.717, 1.165) is 55.5 Å². The highest BCUT2D eigenvalue weighted by Crippen LogP contribution is 2.27. The van der Waals surface area contributed by atoms with E-state index in [0.29, 0.717) is 25.4 Å². The number of pyridine rings is 1. The zero-order valence-electron chi connectivity index (χ0n) is 23.0. The van der Waals surface area contributed by atoms with Crippen LogP contribution < -0.4 is 14.4 Å². The third-order valence-corrected chi connectivity index (χ3v) is 8.30. The van der Waals surface area contributed by atoms with Crippen molar-refractivity contribution in [1.82, 2.24) is 14.6 Å². The van der Waals surface area contributed by atoms with E-state index in [1.165, 1.54) is 19.2 Å². The molecule has 9 nitrogen and oxygen atoms in total.